The molecule has 9 nitrogen and oxygen atoms in total. The number of aromatic nitrogens is 4. The molecule has 1 aliphatic rings. The van der Waals surface area contributed by atoms with Gasteiger partial charge in [0, 0.05) is 0 Å². The monoisotopic (exact) mass is 322 g/mol. The van der Waals surface area contributed by atoms with Crippen LogP contribution in [0.3, 0.4) is 0 Å². The molecule has 1 saturated heterocycles. The summed E-state index contributed by atoms with van der Waals surface area (Å²) in [7, 11) is 0. The van der Waals surface area contributed by atoms with Gasteiger partial charge in [-0.05, 0) is 0 Å². The fraction of sp³-hybridized carbons (Fsp3) is 0.417. The summed E-state index contributed by atoms with van der Waals surface area (Å²) < 4.78 is 7.35. The fourth-order valence-corrected chi connectivity index (χ4v) is 2.76. The van der Waals surface area contributed by atoms with E-state index in [0.717, 1.165) is 0 Å². The Balaban J connectivity index is 2.19. The molecule has 0 saturated carbocycles. The van der Waals surface area contributed by atoms with E-state index in [9.17, 15) is 10.2 Å². The number of ether oxygens (including phenoxy) is 1. The first kappa shape index (κ1) is 14.9. The molecule has 0 aliphatic carbocycles. The molecule has 0 radical (unpaired) electrons. The van der Waals surface area contributed by atoms with Gasteiger partial charge in [0.15, 0.2) is 17.4 Å². The predicted octanol–water partition coefficient (Wildman–Crippen LogP) is -1.35. The highest BCUT2D eigenvalue weighted by Gasteiger charge is 2.54. The van der Waals surface area contributed by atoms with Gasteiger partial charge in [-0.25, -0.2) is 4.98 Å². The van der Waals surface area contributed by atoms with Crippen LogP contribution in [0.15, 0.2) is 6.33 Å². The average Bonchev–Trinajstić information content (AvgIpc) is 3.00. The number of aromatic amines is 1. The molecule has 116 valence electrons. The van der Waals surface area contributed by atoms with E-state index in [0.29, 0.717) is 15.8 Å². The van der Waals surface area contributed by atoms with Crippen molar-refractivity contribution in [1.82, 2.24) is 19.5 Å². The minimum Gasteiger partial charge on any atom is -0.394 e. The molecule has 0 spiro atoms. The highest BCUT2D eigenvalue weighted by atomic mass is 32.1. The Kier molecular flexibility index (Phi) is 3.39. The highest BCUT2D eigenvalue weighted by molar-refractivity contribution is 7.71. The van der Waals surface area contributed by atoms with Gasteiger partial charge < -0.3 is 31.4 Å². The number of rotatable bonds is 2. The first-order chi connectivity index (χ1) is 10.4. The summed E-state index contributed by atoms with van der Waals surface area (Å²) in [5.41, 5.74) is 10.9. The topological polar surface area (TPSA) is 148 Å². The Hall–Kier alpha value is -2.03. The highest BCUT2D eigenvalue weighted by Crippen LogP contribution is 2.37. The molecule has 7 N–H and O–H groups in total. The lowest BCUT2D eigenvalue weighted by Crippen LogP contribution is -2.53. The van der Waals surface area contributed by atoms with Crippen LogP contribution in [0.2, 0.25) is 0 Å². The van der Waals surface area contributed by atoms with Crippen molar-refractivity contribution < 1.29 is 14.9 Å². The van der Waals surface area contributed by atoms with Gasteiger partial charge >= 0.3 is 0 Å². The molecule has 1 unspecified atom stereocenters. The lowest BCUT2D eigenvalue weighted by Gasteiger charge is -2.27. The maximum atomic E-state index is 10.2. The first-order valence-electron chi connectivity index (χ1n) is 6.35. The lowest BCUT2D eigenvalue weighted by molar-refractivity contribution is -0.0447. The van der Waals surface area contributed by atoms with Gasteiger partial charge in [-0.1, -0.05) is 18.1 Å². The van der Waals surface area contributed by atoms with Gasteiger partial charge in [0.2, 0.25) is 5.95 Å². The summed E-state index contributed by atoms with van der Waals surface area (Å²) in [5.74, 6) is 2.43. The molecule has 22 heavy (non-hydrogen) atoms. The van der Waals surface area contributed by atoms with Crippen LogP contribution in [0.4, 0.5) is 5.95 Å². The molecule has 10 heteroatoms. The predicted molar refractivity (Wildman–Crippen MR) is 79.9 cm³/mol. The van der Waals surface area contributed by atoms with Crippen molar-refractivity contribution in [2.24, 2.45) is 5.73 Å². The van der Waals surface area contributed by atoms with Crippen molar-refractivity contribution in [3.8, 4) is 12.3 Å². The average molecular weight is 322 g/mol. The number of fused-ring (bicyclic) bond motifs is 1. The van der Waals surface area contributed by atoms with Crippen molar-refractivity contribution in [3.63, 3.8) is 0 Å². The molecule has 2 aromatic rings. The first-order valence-corrected chi connectivity index (χ1v) is 6.76. The molecule has 1 fully saturated rings. The maximum absolute atomic E-state index is 10.2. The van der Waals surface area contributed by atoms with Crippen LogP contribution in [0.1, 0.15) is 6.23 Å². The van der Waals surface area contributed by atoms with Crippen LogP contribution < -0.4 is 11.5 Å². The standard InChI is InChI=1S/C12H14N6O3S/c1-2-12(14)7(20)5(3-19)21-10(12)18-4-15-6-8(18)16-11(13)17-9(6)22/h1,4-5,7,10,19-20H,3,14H2,(H3,13,16,17,22)/t5-,7+,10-,12?/m1/s1. The summed E-state index contributed by atoms with van der Waals surface area (Å²) in [6, 6.07) is 0. The van der Waals surface area contributed by atoms with E-state index in [2.05, 4.69) is 20.9 Å². The van der Waals surface area contributed by atoms with Crippen molar-refractivity contribution >= 4 is 29.3 Å². The van der Waals surface area contributed by atoms with Crippen LogP contribution in [0.5, 0.6) is 0 Å². The molecule has 3 heterocycles. The largest absolute Gasteiger partial charge is 0.394 e. The number of nitrogen functional groups attached to an aromatic ring is 1. The Morgan fingerprint density at radius 3 is 3.00 bits per heavy atom. The molecule has 3 rings (SSSR count). The van der Waals surface area contributed by atoms with Crippen LogP contribution in [-0.2, 0) is 4.74 Å². The van der Waals surface area contributed by atoms with Crippen molar-refractivity contribution in [2.75, 3.05) is 12.3 Å². The van der Waals surface area contributed by atoms with Gasteiger partial charge in [-0.2, -0.15) is 4.98 Å². The van der Waals surface area contributed by atoms with Crippen molar-refractivity contribution in [2.45, 2.75) is 24.0 Å². The third kappa shape index (κ3) is 1.92. The molecule has 0 amide bonds. The Morgan fingerprint density at radius 1 is 1.64 bits per heavy atom. The third-order valence-electron chi connectivity index (χ3n) is 3.69. The van der Waals surface area contributed by atoms with Crippen LogP contribution in [0.25, 0.3) is 11.2 Å². The van der Waals surface area contributed by atoms with E-state index in [-0.39, 0.29) is 5.95 Å². The quantitative estimate of drug-likeness (QED) is 0.337. The van der Waals surface area contributed by atoms with E-state index in [1.165, 1.54) is 10.9 Å². The number of nitrogens with zero attached hydrogens (tertiary/aromatic N) is 3. The van der Waals surface area contributed by atoms with Gasteiger partial charge in [0.1, 0.15) is 22.4 Å². The molecule has 2 aromatic heterocycles. The zero-order valence-electron chi connectivity index (χ0n) is 11.3. The fourth-order valence-electron chi connectivity index (χ4n) is 2.52. The van der Waals surface area contributed by atoms with E-state index in [1.807, 2.05) is 0 Å². The minimum absolute atomic E-state index is 0.0971. The van der Waals surface area contributed by atoms with Gasteiger partial charge in [0.05, 0.1) is 12.9 Å². The number of aliphatic hydroxyl groups is 2. The lowest BCUT2D eigenvalue weighted by atomic mass is 9.92. The molecular weight excluding hydrogens is 308 g/mol. The van der Waals surface area contributed by atoms with Crippen LogP contribution in [-0.4, -0.2) is 54.1 Å². The number of H-pyrrole nitrogens is 1. The SMILES string of the molecule is C#CC1(N)[C@@H](O)[C@@H](CO)O[C@H]1n1cnc2c(=S)[nH]c(N)nc21. The normalized spacial score (nSPS) is 31.5. The van der Waals surface area contributed by atoms with E-state index in [4.69, 9.17) is 34.8 Å². The zero-order valence-corrected chi connectivity index (χ0v) is 12.1. The number of hydrogen-bond acceptors (Lipinski definition) is 8. The molecule has 1 aliphatic heterocycles. The smallest absolute Gasteiger partial charge is 0.200 e. The summed E-state index contributed by atoms with van der Waals surface area (Å²) in [6.07, 6.45) is 3.73. The van der Waals surface area contributed by atoms with E-state index in [1.54, 1.807) is 0 Å². The Morgan fingerprint density at radius 2 is 2.36 bits per heavy atom. The van der Waals surface area contributed by atoms with E-state index >= 15 is 0 Å². The van der Waals surface area contributed by atoms with Gasteiger partial charge in [-0.15, -0.1) is 6.42 Å². The van der Waals surface area contributed by atoms with Crippen LogP contribution in [0, 0.1) is 17.0 Å². The summed E-state index contributed by atoms with van der Waals surface area (Å²) in [4.78, 5) is 10.9. The van der Waals surface area contributed by atoms with Crippen molar-refractivity contribution in [3.05, 3.63) is 11.0 Å². The second kappa shape index (κ2) is 5.01. The maximum Gasteiger partial charge on any atom is 0.200 e. The van der Waals surface area contributed by atoms with Gasteiger partial charge in [0.25, 0.3) is 0 Å². The van der Waals surface area contributed by atoms with E-state index < -0.39 is 30.6 Å². The molecule has 0 aromatic carbocycles. The molecule has 4 atom stereocenters. The number of hydrogen-bond donors (Lipinski definition) is 5. The summed E-state index contributed by atoms with van der Waals surface area (Å²) in [5, 5.41) is 19.5. The number of terminal acetylenes is 1. The Labute approximate surface area is 129 Å². The van der Waals surface area contributed by atoms with Crippen molar-refractivity contribution in [1.29, 1.82) is 0 Å². The summed E-state index contributed by atoms with van der Waals surface area (Å²) >= 11 is 5.13. The minimum atomic E-state index is -1.56. The van der Waals surface area contributed by atoms with Gasteiger partial charge in [-0.3, -0.25) is 4.57 Å². The second-order valence-electron chi connectivity index (χ2n) is 5.01. The number of aliphatic hydroxyl groups excluding tert-OH is 2. The number of anilines is 1. The van der Waals surface area contributed by atoms with Crippen LogP contribution >= 0.6 is 12.2 Å². The third-order valence-corrected chi connectivity index (χ3v) is 3.98. The summed E-state index contributed by atoms with van der Waals surface area (Å²) in [6.45, 7) is -0.430. The zero-order chi connectivity index (χ0) is 16.1. The second-order valence-corrected chi connectivity index (χ2v) is 5.42. The Bertz CT molecular complexity index is 826. The number of imidazole rings is 1. The number of nitrogens with one attached hydrogen (secondary N) is 1. The number of nitrogens with two attached hydrogens (primary N) is 2. The molecule has 0 bridgehead atoms. The molecular formula is C12H14N6O3S.